The summed E-state index contributed by atoms with van der Waals surface area (Å²) in [6.45, 7) is 0. The molecule has 0 aliphatic heterocycles. The third-order valence-corrected chi connectivity index (χ3v) is 3.82. The second-order valence-electron chi connectivity index (χ2n) is 5.21. The summed E-state index contributed by atoms with van der Waals surface area (Å²) in [6, 6.07) is 15.0. The number of nitrogens with two attached hydrogens (primary N) is 2. The molecule has 4 N–H and O–H groups in total. The summed E-state index contributed by atoms with van der Waals surface area (Å²) < 4.78 is 14.3. The standard InChI is InChI=1S/C18H13ClFN3O/c19-12-6-7-14(16(20)9-12)13-3-1-2-10-4-5-11(8-15(10)13)17(24)23-18(21)22/h1-9H,(H4,21,22,23,24). The monoisotopic (exact) mass is 341 g/mol. The normalized spacial score (nSPS) is 10.6. The summed E-state index contributed by atoms with van der Waals surface area (Å²) in [4.78, 5) is 15.5. The number of hydrogen-bond acceptors (Lipinski definition) is 1. The molecule has 0 spiro atoms. The highest BCUT2D eigenvalue weighted by Gasteiger charge is 2.12. The minimum Gasteiger partial charge on any atom is -0.370 e. The first kappa shape index (κ1) is 16.0. The predicted octanol–water partition coefficient (Wildman–Crippen LogP) is 3.71. The maximum atomic E-state index is 14.3. The molecule has 0 aliphatic rings. The van der Waals surface area contributed by atoms with Gasteiger partial charge in [-0.1, -0.05) is 35.9 Å². The summed E-state index contributed by atoms with van der Waals surface area (Å²) in [6.07, 6.45) is 0. The Bertz CT molecular complexity index is 981. The van der Waals surface area contributed by atoms with Crippen LogP contribution < -0.4 is 11.5 Å². The predicted molar refractivity (Wildman–Crippen MR) is 94.5 cm³/mol. The average molecular weight is 342 g/mol. The Hall–Kier alpha value is -2.92. The summed E-state index contributed by atoms with van der Waals surface area (Å²) in [5.74, 6) is -1.30. The highest BCUT2D eigenvalue weighted by molar-refractivity contribution is 6.30. The first-order valence-electron chi connectivity index (χ1n) is 7.08. The number of amides is 1. The van der Waals surface area contributed by atoms with Crippen LogP contribution in [0.15, 0.2) is 59.6 Å². The lowest BCUT2D eigenvalue weighted by Crippen LogP contribution is -2.24. The van der Waals surface area contributed by atoms with Crippen LogP contribution in [0.1, 0.15) is 10.4 Å². The molecule has 120 valence electrons. The van der Waals surface area contributed by atoms with E-state index in [1.165, 1.54) is 6.07 Å². The van der Waals surface area contributed by atoms with Crippen molar-refractivity contribution in [3.8, 4) is 11.1 Å². The second kappa shape index (κ2) is 6.29. The van der Waals surface area contributed by atoms with Gasteiger partial charge in [-0.15, -0.1) is 0 Å². The quantitative estimate of drug-likeness (QED) is 0.550. The molecule has 3 aromatic carbocycles. The van der Waals surface area contributed by atoms with E-state index in [-0.39, 0.29) is 5.96 Å². The highest BCUT2D eigenvalue weighted by Crippen LogP contribution is 2.32. The van der Waals surface area contributed by atoms with Crippen LogP contribution in [0.2, 0.25) is 5.02 Å². The Morgan fingerprint density at radius 3 is 2.50 bits per heavy atom. The molecule has 24 heavy (non-hydrogen) atoms. The molecule has 6 heteroatoms. The van der Waals surface area contributed by atoms with Crippen molar-refractivity contribution in [1.29, 1.82) is 0 Å². The molecule has 0 heterocycles. The van der Waals surface area contributed by atoms with Gasteiger partial charge in [-0.05, 0) is 46.7 Å². The van der Waals surface area contributed by atoms with Gasteiger partial charge in [0, 0.05) is 16.1 Å². The van der Waals surface area contributed by atoms with Crippen molar-refractivity contribution in [3.05, 3.63) is 71.0 Å². The van der Waals surface area contributed by atoms with E-state index >= 15 is 0 Å². The van der Waals surface area contributed by atoms with Gasteiger partial charge in [0.1, 0.15) is 5.82 Å². The molecule has 0 saturated heterocycles. The number of nitrogens with zero attached hydrogens (tertiary/aromatic N) is 1. The topological polar surface area (TPSA) is 81.5 Å². The Balaban J connectivity index is 2.22. The maximum absolute atomic E-state index is 14.3. The van der Waals surface area contributed by atoms with Gasteiger partial charge in [-0.2, -0.15) is 4.99 Å². The molecular formula is C18H13ClFN3O. The van der Waals surface area contributed by atoms with E-state index in [0.717, 1.165) is 10.8 Å². The Morgan fingerprint density at radius 2 is 1.79 bits per heavy atom. The number of hydrogen-bond donors (Lipinski definition) is 2. The van der Waals surface area contributed by atoms with Crippen LogP contribution in [0.4, 0.5) is 4.39 Å². The fourth-order valence-electron chi connectivity index (χ4n) is 2.53. The fourth-order valence-corrected chi connectivity index (χ4v) is 2.69. The summed E-state index contributed by atoms with van der Waals surface area (Å²) in [5, 5.41) is 1.90. The number of aliphatic imine (C=N–C) groups is 1. The lowest BCUT2D eigenvalue weighted by Gasteiger charge is -2.09. The van der Waals surface area contributed by atoms with Gasteiger partial charge in [0.05, 0.1) is 0 Å². The average Bonchev–Trinajstić information content (AvgIpc) is 2.53. The van der Waals surface area contributed by atoms with Gasteiger partial charge in [-0.3, -0.25) is 4.79 Å². The van der Waals surface area contributed by atoms with E-state index < -0.39 is 11.7 Å². The van der Waals surface area contributed by atoms with E-state index in [1.54, 1.807) is 36.4 Å². The van der Waals surface area contributed by atoms with Crippen molar-refractivity contribution in [2.24, 2.45) is 16.5 Å². The second-order valence-corrected chi connectivity index (χ2v) is 5.64. The molecule has 4 nitrogen and oxygen atoms in total. The number of halogens is 2. The molecule has 0 unspecified atom stereocenters. The van der Waals surface area contributed by atoms with Crippen LogP contribution in [0.5, 0.6) is 0 Å². The number of guanidine groups is 1. The molecule has 0 aliphatic carbocycles. The zero-order valence-corrected chi connectivity index (χ0v) is 13.2. The molecular weight excluding hydrogens is 329 g/mol. The number of carbonyl (C=O) groups is 1. The van der Waals surface area contributed by atoms with Gasteiger partial charge < -0.3 is 11.5 Å². The van der Waals surface area contributed by atoms with Gasteiger partial charge in [0.25, 0.3) is 5.91 Å². The Kier molecular flexibility index (Phi) is 4.18. The van der Waals surface area contributed by atoms with Crippen LogP contribution in [0.25, 0.3) is 21.9 Å². The minimum atomic E-state index is -0.553. The molecule has 3 aromatic rings. The largest absolute Gasteiger partial charge is 0.370 e. The van der Waals surface area contributed by atoms with Crippen molar-refractivity contribution in [3.63, 3.8) is 0 Å². The Labute approximate surface area is 142 Å². The van der Waals surface area contributed by atoms with E-state index in [4.69, 9.17) is 23.1 Å². The molecule has 0 saturated carbocycles. The lowest BCUT2D eigenvalue weighted by molar-refractivity contribution is 0.100. The zero-order valence-electron chi connectivity index (χ0n) is 12.5. The van der Waals surface area contributed by atoms with Crippen molar-refractivity contribution in [2.45, 2.75) is 0 Å². The smallest absolute Gasteiger partial charge is 0.280 e. The van der Waals surface area contributed by atoms with E-state index in [2.05, 4.69) is 4.99 Å². The molecule has 0 atom stereocenters. The SMILES string of the molecule is NC(N)=NC(=O)c1ccc2cccc(-c3ccc(Cl)cc3F)c2c1. The minimum absolute atomic E-state index is 0.308. The number of rotatable bonds is 2. The number of benzene rings is 3. The first-order valence-corrected chi connectivity index (χ1v) is 7.45. The zero-order chi connectivity index (χ0) is 17.3. The number of carbonyl (C=O) groups excluding carboxylic acids is 1. The summed E-state index contributed by atoms with van der Waals surface area (Å²) >= 11 is 5.81. The third kappa shape index (κ3) is 3.07. The lowest BCUT2D eigenvalue weighted by atomic mass is 9.96. The third-order valence-electron chi connectivity index (χ3n) is 3.58. The molecule has 3 rings (SSSR count). The van der Waals surface area contributed by atoms with Gasteiger partial charge >= 0.3 is 0 Å². The summed E-state index contributed by atoms with van der Waals surface area (Å²) in [7, 11) is 0. The molecule has 0 aromatic heterocycles. The molecule has 1 amide bonds. The molecule has 0 fully saturated rings. The maximum Gasteiger partial charge on any atom is 0.280 e. The Morgan fingerprint density at radius 1 is 1.00 bits per heavy atom. The van der Waals surface area contributed by atoms with Gasteiger partial charge in [0.2, 0.25) is 0 Å². The van der Waals surface area contributed by atoms with Crippen LogP contribution in [0, 0.1) is 5.82 Å². The fraction of sp³-hybridized carbons (Fsp3) is 0. The van der Waals surface area contributed by atoms with Crippen LogP contribution in [0.3, 0.4) is 0 Å². The highest BCUT2D eigenvalue weighted by atomic mass is 35.5. The summed E-state index contributed by atoms with van der Waals surface area (Å²) in [5.41, 5.74) is 11.9. The van der Waals surface area contributed by atoms with Gasteiger partial charge in [0.15, 0.2) is 5.96 Å². The van der Waals surface area contributed by atoms with Crippen molar-refractivity contribution >= 4 is 34.2 Å². The molecule has 0 bridgehead atoms. The van der Waals surface area contributed by atoms with E-state index in [9.17, 15) is 9.18 Å². The van der Waals surface area contributed by atoms with Crippen LogP contribution in [-0.4, -0.2) is 11.9 Å². The van der Waals surface area contributed by atoms with Gasteiger partial charge in [-0.25, -0.2) is 4.39 Å². The van der Waals surface area contributed by atoms with Crippen LogP contribution in [-0.2, 0) is 0 Å². The van der Waals surface area contributed by atoms with E-state index in [1.807, 2.05) is 12.1 Å². The van der Waals surface area contributed by atoms with E-state index in [0.29, 0.717) is 21.7 Å². The number of fused-ring (bicyclic) bond motifs is 1. The molecule has 0 radical (unpaired) electrons. The van der Waals surface area contributed by atoms with Crippen molar-refractivity contribution in [1.82, 2.24) is 0 Å². The first-order chi connectivity index (χ1) is 11.5. The van der Waals surface area contributed by atoms with Crippen molar-refractivity contribution < 1.29 is 9.18 Å². The van der Waals surface area contributed by atoms with Crippen LogP contribution >= 0.6 is 11.6 Å². The van der Waals surface area contributed by atoms with Crippen molar-refractivity contribution in [2.75, 3.05) is 0 Å².